The Kier molecular flexibility index (Phi) is 5.69. The minimum atomic E-state index is -0.148. The van der Waals surface area contributed by atoms with E-state index in [1.807, 2.05) is 12.1 Å². The summed E-state index contributed by atoms with van der Waals surface area (Å²) in [6.07, 6.45) is 5.67. The van der Waals surface area contributed by atoms with Gasteiger partial charge in [-0.25, -0.2) is 9.97 Å². The molecule has 8 heteroatoms. The largest absolute Gasteiger partial charge is 0.341 e. The number of amides is 2. The van der Waals surface area contributed by atoms with Gasteiger partial charge in [0.1, 0.15) is 0 Å². The lowest BCUT2D eigenvalue weighted by molar-refractivity contribution is -0.127. The third-order valence-electron chi connectivity index (χ3n) is 5.25. The van der Waals surface area contributed by atoms with Crippen LogP contribution >= 0.6 is 0 Å². The lowest BCUT2D eigenvalue weighted by Crippen LogP contribution is -2.27. The van der Waals surface area contributed by atoms with Crippen molar-refractivity contribution < 1.29 is 9.59 Å². The minimum Gasteiger partial charge on any atom is -0.341 e. The number of carbonyl (C=O) groups excluding carboxylic acids is 2. The second-order valence-electron chi connectivity index (χ2n) is 7.40. The number of nitrogens with one attached hydrogen (secondary N) is 1. The first-order chi connectivity index (χ1) is 15.5. The van der Waals surface area contributed by atoms with Crippen molar-refractivity contribution in [2.75, 3.05) is 26.0 Å². The second-order valence-corrected chi connectivity index (χ2v) is 7.40. The number of anilines is 2. The number of nitriles is 1. The van der Waals surface area contributed by atoms with Gasteiger partial charge in [-0.15, -0.1) is 0 Å². The van der Waals surface area contributed by atoms with Gasteiger partial charge in [-0.1, -0.05) is 11.5 Å². The summed E-state index contributed by atoms with van der Waals surface area (Å²) in [5.74, 6) is 0.174. The van der Waals surface area contributed by atoms with Crippen molar-refractivity contribution in [2.45, 2.75) is 12.8 Å². The molecule has 1 aliphatic carbocycles. The monoisotopic (exact) mass is 424 g/mol. The van der Waals surface area contributed by atoms with Gasteiger partial charge < -0.3 is 15.1 Å². The molecule has 0 unspecified atom stereocenters. The molecule has 1 N–H and O–H groups in total. The van der Waals surface area contributed by atoms with Crippen molar-refractivity contribution in [1.29, 1.82) is 5.26 Å². The first-order valence-corrected chi connectivity index (χ1v) is 10.0. The van der Waals surface area contributed by atoms with E-state index in [9.17, 15) is 9.59 Å². The predicted octanol–water partition coefficient (Wildman–Crippen LogP) is 2.81. The molecule has 2 heterocycles. The molecule has 0 saturated carbocycles. The molecule has 0 radical (unpaired) electrons. The van der Waals surface area contributed by atoms with E-state index in [2.05, 4.69) is 26.7 Å². The van der Waals surface area contributed by atoms with Crippen molar-refractivity contribution in [1.82, 2.24) is 19.8 Å². The SMILES string of the molecule is CN(CCC#N)C(=O)c1ccc(Nc2ncc3c(n2)C2=C=C=CC=C2N(C)C(=O)C3)cc1. The summed E-state index contributed by atoms with van der Waals surface area (Å²) >= 11 is 0. The summed E-state index contributed by atoms with van der Waals surface area (Å²) in [7, 11) is 3.40. The number of allylic oxidation sites excluding steroid dienone is 3. The maximum atomic E-state index is 12.5. The zero-order valence-corrected chi connectivity index (χ0v) is 17.7. The highest BCUT2D eigenvalue weighted by Gasteiger charge is 2.28. The first kappa shape index (κ1) is 20.8. The number of carbonyl (C=O) groups is 2. The first-order valence-electron chi connectivity index (χ1n) is 10.0. The van der Waals surface area contributed by atoms with Crippen LogP contribution in [0.5, 0.6) is 0 Å². The van der Waals surface area contributed by atoms with Gasteiger partial charge in [0.25, 0.3) is 5.91 Å². The number of hydrogen-bond acceptors (Lipinski definition) is 6. The Bertz CT molecular complexity index is 1270. The van der Waals surface area contributed by atoms with Crippen molar-refractivity contribution in [3.63, 3.8) is 0 Å². The third-order valence-corrected chi connectivity index (χ3v) is 5.25. The van der Waals surface area contributed by atoms with Gasteiger partial charge in [0.2, 0.25) is 11.9 Å². The summed E-state index contributed by atoms with van der Waals surface area (Å²) < 4.78 is 0. The molecule has 0 fully saturated rings. The number of aromatic nitrogens is 2. The quantitative estimate of drug-likeness (QED) is 0.741. The lowest BCUT2D eigenvalue weighted by atomic mass is 10.0. The van der Waals surface area contributed by atoms with E-state index in [1.54, 1.807) is 55.5 Å². The topological polar surface area (TPSA) is 102 Å². The number of fused-ring (bicyclic) bond motifs is 3. The fourth-order valence-electron chi connectivity index (χ4n) is 3.44. The molecule has 1 aromatic carbocycles. The Morgan fingerprint density at radius 3 is 2.88 bits per heavy atom. The molecule has 2 amide bonds. The van der Waals surface area contributed by atoms with Crippen LogP contribution in [-0.4, -0.2) is 52.2 Å². The molecule has 158 valence electrons. The second kappa shape index (κ2) is 8.75. The van der Waals surface area contributed by atoms with Gasteiger partial charge in [-0.05, 0) is 36.4 Å². The van der Waals surface area contributed by atoms with Crippen LogP contribution in [0.1, 0.15) is 28.0 Å². The Labute approximate surface area is 185 Å². The number of benzene rings is 1. The van der Waals surface area contributed by atoms with Crippen LogP contribution in [0, 0.1) is 11.3 Å². The highest BCUT2D eigenvalue weighted by molar-refractivity contribution is 5.94. The predicted molar refractivity (Wildman–Crippen MR) is 119 cm³/mol. The van der Waals surface area contributed by atoms with Gasteiger partial charge in [0.15, 0.2) is 0 Å². The van der Waals surface area contributed by atoms with E-state index < -0.39 is 0 Å². The third kappa shape index (κ3) is 4.07. The van der Waals surface area contributed by atoms with E-state index >= 15 is 0 Å². The molecular weight excluding hydrogens is 404 g/mol. The number of nitrogens with zero attached hydrogens (tertiary/aromatic N) is 5. The smallest absolute Gasteiger partial charge is 0.253 e. The highest BCUT2D eigenvalue weighted by Crippen LogP contribution is 2.31. The fourth-order valence-corrected chi connectivity index (χ4v) is 3.44. The van der Waals surface area contributed by atoms with Crippen LogP contribution in [0.15, 0.2) is 59.8 Å². The molecule has 4 rings (SSSR count). The van der Waals surface area contributed by atoms with Crippen molar-refractivity contribution in [2.24, 2.45) is 0 Å². The standard InChI is InChI=1S/C24H20N6O2/c1-29(13-5-12-25)23(32)16-8-10-18(11-9-16)27-24-26-15-17-14-21(31)30(2)20-7-4-3-6-19(20)22(17)28-24/h4,7-11,15H,5,13-14H2,1-2H3,(H,26,27,28). The molecule has 32 heavy (non-hydrogen) atoms. The van der Waals surface area contributed by atoms with E-state index in [0.29, 0.717) is 35.0 Å². The zero-order chi connectivity index (χ0) is 22.7. The maximum Gasteiger partial charge on any atom is 0.253 e. The zero-order valence-electron chi connectivity index (χ0n) is 17.7. The van der Waals surface area contributed by atoms with Crippen LogP contribution in [0.25, 0.3) is 5.57 Å². The van der Waals surface area contributed by atoms with E-state index in [1.165, 1.54) is 4.90 Å². The molecule has 0 atom stereocenters. The molecule has 1 aromatic heterocycles. The Hall–Kier alpha value is -4.43. The van der Waals surface area contributed by atoms with Crippen LogP contribution < -0.4 is 5.32 Å². The molecule has 2 aromatic rings. The molecule has 0 saturated heterocycles. The van der Waals surface area contributed by atoms with Gasteiger partial charge >= 0.3 is 0 Å². The van der Waals surface area contributed by atoms with Crippen LogP contribution in [0.4, 0.5) is 11.6 Å². The minimum absolute atomic E-state index is 0.0473. The lowest BCUT2D eigenvalue weighted by Gasteiger charge is -2.18. The van der Waals surface area contributed by atoms with Gasteiger partial charge in [-0.3, -0.25) is 9.59 Å². The average Bonchev–Trinajstić information content (AvgIpc) is 2.92. The van der Waals surface area contributed by atoms with Gasteiger partial charge in [-0.2, -0.15) is 5.26 Å². The molecule has 0 bridgehead atoms. The summed E-state index contributed by atoms with van der Waals surface area (Å²) in [6, 6.07) is 9.00. The number of rotatable bonds is 5. The number of hydrogen-bond donors (Lipinski definition) is 1. The average molecular weight is 424 g/mol. The van der Waals surface area contributed by atoms with Gasteiger partial charge in [0, 0.05) is 43.7 Å². The van der Waals surface area contributed by atoms with Crippen molar-refractivity contribution >= 4 is 29.0 Å². The fraction of sp³-hybridized carbons (Fsp3) is 0.208. The van der Waals surface area contributed by atoms with Crippen LogP contribution in [0.3, 0.4) is 0 Å². The van der Waals surface area contributed by atoms with Crippen molar-refractivity contribution in [3.05, 3.63) is 76.6 Å². The van der Waals surface area contributed by atoms with E-state index in [-0.39, 0.29) is 24.7 Å². The molecule has 2 aliphatic rings. The summed E-state index contributed by atoms with van der Waals surface area (Å²) in [4.78, 5) is 37.0. The highest BCUT2D eigenvalue weighted by atomic mass is 16.2. The maximum absolute atomic E-state index is 12.5. The molecule has 8 nitrogen and oxygen atoms in total. The number of likely N-dealkylation sites (N-methyl/N-ethyl adjacent to an activating group) is 1. The molecular formula is C24H20N6O2. The van der Waals surface area contributed by atoms with E-state index in [0.717, 1.165) is 11.3 Å². The van der Waals surface area contributed by atoms with Crippen LogP contribution in [0.2, 0.25) is 0 Å². The van der Waals surface area contributed by atoms with Crippen LogP contribution in [-0.2, 0) is 11.2 Å². The van der Waals surface area contributed by atoms with Crippen molar-refractivity contribution in [3.8, 4) is 6.07 Å². The normalized spacial score (nSPS) is 13.9. The Morgan fingerprint density at radius 1 is 1.34 bits per heavy atom. The summed E-state index contributed by atoms with van der Waals surface area (Å²) in [5, 5.41) is 11.8. The Balaban J connectivity index is 1.57. The van der Waals surface area contributed by atoms with Gasteiger partial charge in [0.05, 0.1) is 35.9 Å². The Morgan fingerprint density at radius 2 is 2.12 bits per heavy atom. The summed E-state index contributed by atoms with van der Waals surface area (Å²) in [5.41, 5.74) is 10.0. The summed E-state index contributed by atoms with van der Waals surface area (Å²) in [6.45, 7) is 0.381. The molecule has 0 spiro atoms. The van der Waals surface area contributed by atoms with E-state index in [4.69, 9.17) is 5.26 Å². The molecule has 1 aliphatic heterocycles.